The van der Waals surface area contributed by atoms with Crippen LogP contribution in [0.5, 0.6) is 11.8 Å². The summed E-state index contributed by atoms with van der Waals surface area (Å²) in [5.41, 5.74) is 3.24. The van der Waals surface area contributed by atoms with Crippen LogP contribution in [-0.4, -0.2) is 42.2 Å². The molecule has 0 aliphatic heterocycles. The first kappa shape index (κ1) is 17.7. The van der Waals surface area contributed by atoms with Crippen LogP contribution in [0.4, 0.5) is 0 Å². The van der Waals surface area contributed by atoms with E-state index in [1.807, 2.05) is 33.9 Å². The molecule has 142 valence electrons. The Balaban J connectivity index is 1.98. The van der Waals surface area contributed by atoms with E-state index in [-0.39, 0.29) is 6.01 Å². The molecule has 0 aromatic carbocycles. The van der Waals surface area contributed by atoms with Crippen LogP contribution in [0.3, 0.4) is 0 Å². The number of aromatic nitrogens is 7. The summed E-state index contributed by atoms with van der Waals surface area (Å²) in [7, 11) is 1.88. The summed E-state index contributed by atoms with van der Waals surface area (Å²) in [5, 5.41) is 13.0. The number of rotatable bonds is 4. The second-order valence-corrected chi connectivity index (χ2v) is 6.21. The number of H-pyrrole nitrogens is 2. The number of aromatic amines is 2. The molecule has 4 aromatic heterocycles. The van der Waals surface area contributed by atoms with Crippen molar-refractivity contribution in [3.8, 4) is 23.0 Å². The van der Waals surface area contributed by atoms with Crippen molar-refractivity contribution < 1.29 is 4.74 Å². The fourth-order valence-electron chi connectivity index (χ4n) is 2.98. The first-order valence-corrected chi connectivity index (χ1v) is 8.81. The van der Waals surface area contributed by atoms with Crippen molar-refractivity contribution in [3.63, 3.8) is 0 Å². The van der Waals surface area contributed by atoms with E-state index in [0.717, 1.165) is 32.9 Å². The van der Waals surface area contributed by atoms with E-state index in [1.54, 1.807) is 24.8 Å². The Morgan fingerprint density at radius 1 is 1.18 bits per heavy atom. The van der Waals surface area contributed by atoms with Crippen LogP contribution in [0.1, 0.15) is 19.7 Å². The van der Waals surface area contributed by atoms with Crippen molar-refractivity contribution in [2.45, 2.75) is 20.8 Å². The van der Waals surface area contributed by atoms with Gasteiger partial charge in [-0.05, 0) is 20.8 Å². The van der Waals surface area contributed by atoms with Crippen LogP contribution in [-0.2, 0) is 0 Å². The highest BCUT2D eigenvalue weighted by Crippen LogP contribution is 2.26. The number of hydrogen-bond donors (Lipinski definition) is 3. The number of fused-ring (bicyclic) bond motifs is 1. The minimum atomic E-state index is 0.203. The zero-order valence-electron chi connectivity index (χ0n) is 16.0. The van der Waals surface area contributed by atoms with Crippen molar-refractivity contribution >= 4 is 22.8 Å². The summed E-state index contributed by atoms with van der Waals surface area (Å²) < 4.78 is 5.82. The lowest BCUT2D eigenvalue weighted by atomic mass is 10.1. The highest BCUT2D eigenvalue weighted by molar-refractivity contribution is 5.92. The van der Waals surface area contributed by atoms with Crippen molar-refractivity contribution in [1.29, 1.82) is 0 Å². The lowest BCUT2D eigenvalue weighted by Gasteiger charge is -2.06. The van der Waals surface area contributed by atoms with Crippen LogP contribution >= 0.6 is 0 Å². The average Bonchev–Trinajstić information content (AvgIpc) is 3.36. The molecule has 0 aliphatic rings. The molecule has 0 amide bonds. The molecule has 0 atom stereocenters. The lowest BCUT2D eigenvalue weighted by molar-refractivity contribution is 0.440. The van der Waals surface area contributed by atoms with Crippen LogP contribution in [0.2, 0.25) is 0 Å². The molecule has 4 heterocycles. The molecule has 9 nitrogen and oxygen atoms in total. The third-order valence-corrected chi connectivity index (χ3v) is 4.45. The quantitative estimate of drug-likeness (QED) is 0.493. The smallest absolute Gasteiger partial charge is 0.324 e. The molecular formula is C19H20N8O. The first-order valence-electron chi connectivity index (χ1n) is 8.81. The molecule has 0 unspecified atom stereocenters. The van der Waals surface area contributed by atoms with E-state index in [1.165, 1.54) is 0 Å². The molecule has 0 spiro atoms. The van der Waals surface area contributed by atoms with E-state index in [4.69, 9.17) is 4.74 Å². The lowest BCUT2D eigenvalue weighted by Crippen LogP contribution is -2.29. The Hall–Kier alpha value is -3.75. The predicted octanol–water partition coefficient (Wildman–Crippen LogP) is 1.39. The molecular weight excluding hydrogens is 356 g/mol. The highest BCUT2D eigenvalue weighted by Gasteiger charge is 2.16. The van der Waals surface area contributed by atoms with Crippen LogP contribution in [0, 0.1) is 6.92 Å². The summed E-state index contributed by atoms with van der Waals surface area (Å²) in [4.78, 5) is 20.9. The number of aryl methyl sites for hydroxylation is 1. The van der Waals surface area contributed by atoms with Gasteiger partial charge in [0.2, 0.25) is 0 Å². The zero-order chi connectivity index (χ0) is 19.7. The zero-order valence-corrected chi connectivity index (χ0v) is 16.0. The Kier molecular flexibility index (Phi) is 4.48. The van der Waals surface area contributed by atoms with Gasteiger partial charge < -0.3 is 15.0 Å². The van der Waals surface area contributed by atoms with Gasteiger partial charge in [0.15, 0.2) is 5.75 Å². The molecule has 28 heavy (non-hydrogen) atoms. The second-order valence-electron chi connectivity index (χ2n) is 6.21. The van der Waals surface area contributed by atoms with E-state index in [0.29, 0.717) is 17.2 Å². The third-order valence-electron chi connectivity index (χ3n) is 4.45. The van der Waals surface area contributed by atoms with Crippen LogP contribution < -0.4 is 20.6 Å². The minimum Gasteiger partial charge on any atom is -0.421 e. The molecule has 4 rings (SSSR count). The van der Waals surface area contributed by atoms with Crippen LogP contribution in [0.25, 0.3) is 34.1 Å². The fourth-order valence-corrected chi connectivity index (χ4v) is 2.98. The van der Waals surface area contributed by atoms with Crippen molar-refractivity contribution in [2.24, 2.45) is 0 Å². The third kappa shape index (κ3) is 3.07. The van der Waals surface area contributed by atoms with Gasteiger partial charge in [-0.25, -0.2) is 9.97 Å². The topological polar surface area (TPSA) is 117 Å². The number of nitrogens with one attached hydrogen (secondary N) is 3. The number of hydrogen-bond acceptors (Lipinski definition) is 7. The Labute approximate surface area is 160 Å². The van der Waals surface area contributed by atoms with E-state index in [2.05, 4.69) is 40.4 Å². The van der Waals surface area contributed by atoms with Crippen molar-refractivity contribution in [1.82, 2.24) is 40.4 Å². The molecule has 4 aromatic rings. The molecule has 0 saturated carbocycles. The van der Waals surface area contributed by atoms with Gasteiger partial charge in [0, 0.05) is 29.7 Å². The van der Waals surface area contributed by atoms with Crippen molar-refractivity contribution in [3.05, 3.63) is 41.2 Å². The molecule has 0 aliphatic carbocycles. The average molecular weight is 376 g/mol. The van der Waals surface area contributed by atoms with E-state index in [9.17, 15) is 0 Å². The Bertz CT molecular complexity index is 1240. The Morgan fingerprint density at radius 2 is 1.96 bits per heavy atom. The monoisotopic (exact) mass is 376 g/mol. The Morgan fingerprint density at radius 3 is 2.61 bits per heavy atom. The molecule has 0 saturated heterocycles. The van der Waals surface area contributed by atoms with Gasteiger partial charge >= 0.3 is 6.01 Å². The van der Waals surface area contributed by atoms with Gasteiger partial charge in [-0.1, -0.05) is 6.08 Å². The van der Waals surface area contributed by atoms with Gasteiger partial charge in [-0.3, -0.25) is 5.10 Å². The van der Waals surface area contributed by atoms with Gasteiger partial charge in [0.1, 0.15) is 11.5 Å². The minimum absolute atomic E-state index is 0.203. The highest BCUT2D eigenvalue weighted by atomic mass is 16.5. The standard InChI is InChI=1S/C19H20N8O/c1-5-14-15-17(12-6-23-24-7-12)26-19(28-13-8-21-11(3)22-9-13)27-18(15)25-16(14)10(2)20-4/h5-9,20H,1-4H3,(H,23,24)(H,25,26,27)/b14-5-,16-10-. The summed E-state index contributed by atoms with van der Waals surface area (Å²) in [6.07, 6.45) is 8.74. The number of ether oxygens (including phenoxy) is 1. The number of nitrogens with zero attached hydrogens (tertiary/aromatic N) is 5. The van der Waals surface area contributed by atoms with E-state index < -0.39 is 0 Å². The largest absolute Gasteiger partial charge is 0.421 e. The van der Waals surface area contributed by atoms with Gasteiger partial charge in [0.05, 0.1) is 35.0 Å². The van der Waals surface area contributed by atoms with Crippen LogP contribution in [0.15, 0.2) is 24.8 Å². The van der Waals surface area contributed by atoms with Crippen molar-refractivity contribution in [2.75, 3.05) is 7.05 Å². The molecule has 0 radical (unpaired) electrons. The summed E-state index contributed by atoms with van der Waals surface area (Å²) >= 11 is 0. The summed E-state index contributed by atoms with van der Waals surface area (Å²) in [6, 6.07) is 0.203. The fraction of sp³-hybridized carbons (Fsp3) is 0.211. The maximum Gasteiger partial charge on any atom is 0.324 e. The summed E-state index contributed by atoms with van der Waals surface area (Å²) in [5.74, 6) is 1.13. The van der Waals surface area contributed by atoms with Gasteiger partial charge in [0.25, 0.3) is 0 Å². The maximum absolute atomic E-state index is 5.82. The molecule has 3 N–H and O–H groups in total. The predicted molar refractivity (Wildman–Crippen MR) is 106 cm³/mol. The maximum atomic E-state index is 5.82. The summed E-state index contributed by atoms with van der Waals surface area (Å²) in [6.45, 7) is 5.80. The first-order chi connectivity index (χ1) is 13.6. The SMILES string of the molecule is C/C=c1\c(=C(/C)NC)[nH]c2nc(Oc3cnc(C)nc3)nc(-c3cn[nH]c3)c12. The normalized spacial score (nSPS) is 13.1. The molecule has 9 heteroatoms. The van der Waals surface area contributed by atoms with E-state index >= 15 is 0 Å². The molecule has 0 fully saturated rings. The van der Waals surface area contributed by atoms with Gasteiger partial charge in [-0.15, -0.1) is 0 Å². The molecule has 0 bridgehead atoms. The second kappa shape index (κ2) is 7.10. The van der Waals surface area contributed by atoms with Gasteiger partial charge in [-0.2, -0.15) is 15.1 Å².